The first-order valence-corrected chi connectivity index (χ1v) is 8.96. The molecule has 132 valence electrons. The number of thioether (sulfide) groups is 1. The van der Waals surface area contributed by atoms with Gasteiger partial charge in [0.15, 0.2) is 10.9 Å². The fourth-order valence-corrected chi connectivity index (χ4v) is 3.07. The molecule has 0 unspecified atom stereocenters. The van der Waals surface area contributed by atoms with Gasteiger partial charge in [0, 0.05) is 18.8 Å². The highest BCUT2D eigenvalue weighted by Crippen LogP contribution is 2.20. The van der Waals surface area contributed by atoms with Gasteiger partial charge in [-0.2, -0.15) is 10.2 Å². The molecule has 0 radical (unpaired) electrons. The summed E-state index contributed by atoms with van der Waals surface area (Å²) in [6.07, 6.45) is 2.26. The Morgan fingerprint density at radius 3 is 3.00 bits per heavy atom. The average Bonchev–Trinajstić information content (AvgIpc) is 3.31. The molecule has 3 aromatic rings. The van der Waals surface area contributed by atoms with Gasteiger partial charge in [0.25, 0.3) is 5.91 Å². The summed E-state index contributed by atoms with van der Waals surface area (Å²) in [5, 5.41) is 14.5. The van der Waals surface area contributed by atoms with Crippen LogP contribution in [0.1, 0.15) is 34.1 Å². The number of rotatable bonds is 8. The number of H-pyrrole nitrogens is 1. The summed E-state index contributed by atoms with van der Waals surface area (Å²) in [7, 11) is 0. The molecule has 8 nitrogen and oxygen atoms in total. The van der Waals surface area contributed by atoms with Crippen molar-refractivity contribution in [1.82, 2.24) is 30.3 Å². The maximum Gasteiger partial charge on any atom is 0.286 e. The minimum atomic E-state index is -0.204. The molecule has 2 N–H and O–H groups in total. The van der Waals surface area contributed by atoms with E-state index < -0.39 is 0 Å². The fourth-order valence-electron chi connectivity index (χ4n) is 2.40. The van der Waals surface area contributed by atoms with E-state index in [1.807, 2.05) is 24.6 Å². The number of furan rings is 1. The van der Waals surface area contributed by atoms with Gasteiger partial charge in [-0.05, 0) is 38.5 Å². The van der Waals surface area contributed by atoms with Gasteiger partial charge < -0.3 is 9.73 Å². The number of aromatic amines is 1. The Hall–Kier alpha value is -2.55. The van der Waals surface area contributed by atoms with E-state index >= 15 is 0 Å². The second kappa shape index (κ2) is 8.02. The molecule has 1 amide bonds. The lowest BCUT2D eigenvalue weighted by Gasteiger charge is -2.05. The number of aromatic nitrogens is 5. The van der Waals surface area contributed by atoms with Crippen molar-refractivity contribution in [3.05, 3.63) is 47.4 Å². The van der Waals surface area contributed by atoms with Crippen LogP contribution in [-0.2, 0) is 12.3 Å². The van der Waals surface area contributed by atoms with E-state index in [4.69, 9.17) is 4.42 Å². The lowest BCUT2D eigenvalue weighted by molar-refractivity contribution is 0.0923. The number of hydrogen-bond acceptors (Lipinski definition) is 6. The molecule has 0 aliphatic rings. The molecule has 0 spiro atoms. The molecule has 0 saturated heterocycles. The summed E-state index contributed by atoms with van der Waals surface area (Å²) in [4.78, 5) is 16.1. The molecule has 0 bridgehead atoms. The summed E-state index contributed by atoms with van der Waals surface area (Å²) in [5.74, 6) is 1.41. The van der Waals surface area contributed by atoms with Gasteiger partial charge in [0.2, 0.25) is 0 Å². The van der Waals surface area contributed by atoms with E-state index in [9.17, 15) is 4.79 Å². The van der Waals surface area contributed by atoms with Crippen molar-refractivity contribution in [2.24, 2.45) is 0 Å². The third kappa shape index (κ3) is 4.72. The van der Waals surface area contributed by atoms with Gasteiger partial charge in [-0.25, -0.2) is 4.98 Å². The monoisotopic (exact) mass is 360 g/mol. The van der Waals surface area contributed by atoms with E-state index in [1.54, 1.807) is 12.1 Å². The predicted molar refractivity (Wildman–Crippen MR) is 93.3 cm³/mol. The van der Waals surface area contributed by atoms with Crippen LogP contribution < -0.4 is 5.32 Å². The van der Waals surface area contributed by atoms with E-state index in [1.165, 1.54) is 18.1 Å². The van der Waals surface area contributed by atoms with Crippen molar-refractivity contribution in [1.29, 1.82) is 0 Å². The maximum atomic E-state index is 12.1. The first-order chi connectivity index (χ1) is 12.1. The van der Waals surface area contributed by atoms with Crippen molar-refractivity contribution in [2.75, 3.05) is 6.54 Å². The van der Waals surface area contributed by atoms with Gasteiger partial charge >= 0.3 is 0 Å². The zero-order valence-corrected chi connectivity index (χ0v) is 15.0. The minimum absolute atomic E-state index is 0.204. The van der Waals surface area contributed by atoms with E-state index in [2.05, 4.69) is 25.6 Å². The number of hydrogen-bond donors (Lipinski definition) is 2. The maximum absolute atomic E-state index is 12.1. The van der Waals surface area contributed by atoms with Gasteiger partial charge in [0.05, 0.1) is 11.4 Å². The Morgan fingerprint density at radius 1 is 1.40 bits per heavy atom. The van der Waals surface area contributed by atoms with Crippen molar-refractivity contribution in [2.45, 2.75) is 37.7 Å². The lowest BCUT2D eigenvalue weighted by Crippen LogP contribution is -2.25. The van der Waals surface area contributed by atoms with E-state index in [0.29, 0.717) is 29.0 Å². The highest BCUT2D eigenvalue weighted by molar-refractivity contribution is 7.98. The molecule has 3 rings (SSSR count). The van der Waals surface area contributed by atoms with E-state index in [-0.39, 0.29) is 5.91 Å². The molecule has 3 heterocycles. The highest BCUT2D eigenvalue weighted by Gasteiger charge is 2.11. The molecule has 0 aromatic carbocycles. The molecule has 0 aliphatic heterocycles. The fraction of sp³-hybridized carbons (Fsp3) is 0.375. The van der Waals surface area contributed by atoms with Crippen molar-refractivity contribution in [3.8, 4) is 0 Å². The molecule has 0 fully saturated rings. The minimum Gasteiger partial charge on any atom is -0.455 e. The molecule has 0 aliphatic carbocycles. The summed E-state index contributed by atoms with van der Waals surface area (Å²) < 4.78 is 7.52. The normalized spacial score (nSPS) is 11.0. The van der Waals surface area contributed by atoms with Crippen LogP contribution >= 0.6 is 11.8 Å². The molecular formula is C16H20N6O2S. The van der Waals surface area contributed by atoms with Crippen LogP contribution in [0, 0.1) is 13.8 Å². The van der Waals surface area contributed by atoms with Crippen LogP contribution in [0.4, 0.5) is 0 Å². The summed E-state index contributed by atoms with van der Waals surface area (Å²) in [5.41, 5.74) is 2.14. The van der Waals surface area contributed by atoms with Crippen molar-refractivity contribution in [3.63, 3.8) is 0 Å². The average molecular weight is 360 g/mol. The lowest BCUT2D eigenvalue weighted by atomic mass is 10.3. The molecule has 3 aromatic heterocycles. The number of nitrogens with one attached hydrogen (secondary N) is 2. The van der Waals surface area contributed by atoms with Gasteiger partial charge in [0.1, 0.15) is 12.1 Å². The Bertz CT molecular complexity index is 824. The number of nitrogens with zero attached hydrogens (tertiary/aromatic N) is 4. The largest absolute Gasteiger partial charge is 0.455 e. The van der Waals surface area contributed by atoms with Crippen LogP contribution in [0.15, 0.2) is 34.1 Å². The summed E-state index contributed by atoms with van der Waals surface area (Å²) in [6.45, 7) is 5.34. The third-order valence-corrected chi connectivity index (χ3v) is 4.46. The Morgan fingerprint density at radius 2 is 2.28 bits per heavy atom. The zero-order chi connectivity index (χ0) is 17.6. The first kappa shape index (κ1) is 17.3. The topological polar surface area (TPSA) is 102 Å². The zero-order valence-electron chi connectivity index (χ0n) is 14.2. The van der Waals surface area contributed by atoms with Gasteiger partial charge in [-0.3, -0.25) is 14.6 Å². The molecular weight excluding hydrogens is 340 g/mol. The summed E-state index contributed by atoms with van der Waals surface area (Å²) >= 11 is 1.46. The van der Waals surface area contributed by atoms with Crippen LogP contribution in [0.5, 0.6) is 0 Å². The van der Waals surface area contributed by atoms with Gasteiger partial charge in [-0.15, -0.1) is 0 Å². The highest BCUT2D eigenvalue weighted by atomic mass is 32.2. The SMILES string of the molecule is Cc1cc(C)n(CCCNC(=O)c2ccc(CSc3ncn[nH]3)o2)n1. The van der Waals surface area contributed by atoms with Crippen LogP contribution in [0.25, 0.3) is 0 Å². The second-order valence-corrected chi connectivity index (χ2v) is 6.57. The first-order valence-electron chi connectivity index (χ1n) is 7.98. The standard InChI is InChI=1S/C16H20N6O2S/c1-11-8-12(2)22(21-11)7-3-6-17-15(23)14-5-4-13(24-14)9-25-16-18-10-19-20-16/h4-5,8,10H,3,6-7,9H2,1-2H3,(H,17,23)(H,18,19,20). The summed E-state index contributed by atoms with van der Waals surface area (Å²) in [6, 6.07) is 5.53. The molecule has 25 heavy (non-hydrogen) atoms. The molecule has 0 saturated carbocycles. The molecule has 0 atom stereocenters. The number of amides is 1. The Kier molecular flexibility index (Phi) is 5.54. The van der Waals surface area contributed by atoms with Crippen LogP contribution in [0.3, 0.4) is 0 Å². The van der Waals surface area contributed by atoms with Crippen LogP contribution in [0.2, 0.25) is 0 Å². The van der Waals surface area contributed by atoms with Gasteiger partial charge in [-0.1, -0.05) is 11.8 Å². The second-order valence-electron chi connectivity index (χ2n) is 5.60. The number of aryl methyl sites for hydroxylation is 3. The van der Waals surface area contributed by atoms with Crippen LogP contribution in [-0.4, -0.2) is 37.4 Å². The predicted octanol–water partition coefficient (Wildman–Crippen LogP) is 2.32. The quantitative estimate of drug-likeness (QED) is 0.472. The third-order valence-electron chi connectivity index (χ3n) is 3.57. The number of carbonyl (C=O) groups is 1. The Balaban J connectivity index is 1.41. The van der Waals surface area contributed by atoms with E-state index in [0.717, 1.165) is 24.4 Å². The van der Waals surface area contributed by atoms with Crippen molar-refractivity contribution < 1.29 is 9.21 Å². The smallest absolute Gasteiger partial charge is 0.286 e. The molecule has 9 heteroatoms. The Labute approximate surface area is 149 Å². The number of carbonyl (C=O) groups excluding carboxylic acids is 1. The van der Waals surface area contributed by atoms with Crippen molar-refractivity contribution >= 4 is 17.7 Å².